The fraction of sp³-hybridized carbons (Fsp3) is 0.714. The molecule has 0 spiro atoms. The van der Waals surface area contributed by atoms with E-state index in [9.17, 15) is 14.7 Å². The molecule has 6 heteroatoms. The van der Waals surface area contributed by atoms with E-state index in [0.717, 1.165) is 0 Å². The van der Waals surface area contributed by atoms with Crippen molar-refractivity contribution in [2.45, 2.75) is 32.8 Å². The zero-order valence-electron chi connectivity index (χ0n) is 12.2. The first kappa shape index (κ1) is 16.5. The molecule has 1 rings (SSSR count). The van der Waals surface area contributed by atoms with E-state index in [4.69, 9.17) is 4.74 Å². The molecule has 0 aliphatic carbocycles. The average Bonchev–Trinajstić information content (AvgIpc) is 2.43. The molecule has 6 nitrogen and oxygen atoms in total. The largest absolute Gasteiger partial charge is 0.450 e. The van der Waals surface area contributed by atoms with Crippen LogP contribution in [0, 0.1) is 5.92 Å². The lowest BCUT2D eigenvalue weighted by molar-refractivity contribution is -0.134. The van der Waals surface area contributed by atoms with Crippen LogP contribution in [-0.2, 0) is 9.53 Å². The maximum absolute atomic E-state index is 11.8. The SMILES string of the molecule is CC=CCC(=O)N1CC[C@@H](CNC(=O)OCC)[C@H](O)C1. The monoisotopic (exact) mass is 284 g/mol. The predicted molar refractivity (Wildman–Crippen MR) is 75.1 cm³/mol. The molecule has 0 aromatic rings. The summed E-state index contributed by atoms with van der Waals surface area (Å²) in [6.45, 7) is 5.25. The van der Waals surface area contributed by atoms with Gasteiger partial charge in [0.05, 0.1) is 12.7 Å². The minimum Gasteiger partial charge on any atom is -0.450 e. The number of amides is 2. The summed E-state index contributed by atoms with van der Waals surface area (Å²) in [6.07, 6.45) is 3.61. The van der Waals surface area contributed by atoms with Crippen molar-refractivity contribution >= 4 is 12.0 Å². The Kier molecular flexibility index (Phi) is 7.08. The lowest BCUT2D eigenvalue weighted by atomic mass is 9.93. The van der Waals surface area contributed by atoms with Crippen LogP contribution in [0.3, 0.4) is 0 Å². The van der Waals surface area contributed by atoms with Gasteiger partial charge in [-0.1, -0.05) is 12.2 Å². The summed E-state index contributed by atoms with van der Waals surface area (Å²) in [5.41, 5.74) is 0. The molecule has 114 valence electrons. The van der Waals surface area contributed by atoms with Crippen LogP contribution in [0.4, 0.5) is 4.79 Å². The second kappa shape index (κ2) is 8.58. The number of hydrogen-bond donors (Lipinski definition) is 2. The smallest absolute Gasteiger partial charge is 0.407 e. The number of ether oxygens (including phenoxy) is 1. The highest BCUT2D eigenvalue weighted by molar-refractivity contribution is 5.77. The third-order valence-electron chi connectivity index (χ3n) is 3.39. The van der Waals surface area contributed by atoms with Gasteiger partial charge in [0.2, 0.25) is 5.91 Å². The standard InChI is InChI=1S/C14H24N2O4/c1-3-5-6-13(18)16-8-7-11(12(17)10-16)9-15-14(19)20-4-2/h3,5,11-12,17H,4,6-10H2,1-2H3,(H,15,19)/t11-,12+/m0/s1. The summed E-state index contributed by atoms with van der Waals surface area (Å²) in [4.78, 5) is 24.7. The van der Waals surface area contributed by atoms with Crippen molar-refractivity contribution in [2.24, 2.45) is 5.92 Å². The normalized spacial score (nSPS) is 22.9. The molecular formula is C14H24N2O4. The predicted octanol–water partition coefficient (Wildman–Crippen LogP) is 0.908. The van der Waals surface area contributed by atoms with Gasteiger partial charge in [-0.15, -0.1) is 0 Å². The van der Waals surface area contributed by atoms with Crippen molar-refractivity contribution < 1.29 is 19.4 Å². The Bertz CT molecular complexity index is 357. The van der Waals surface area contributed by atoms with Gasteiger partial charge >= 0.3 is 6.09 Å². The number of carbonyl (C=O) groups excluding carboxylic acids is 2. The van der Waals surface area contributed by atoms with Gasteiger partial charge in [-0.3, -0.25) is 4.79 Å². The maximum atomic E-state index is 11.8. The van der Waals surface area contributed by atoms with Crippen LogP contribution in [0.2, 0.25) is 0 Å². The van der Waals surface area contributed by atoms with E-state index in [1.807, 2.05) is 19.1 Å². The van der Waals surface area contributed by atoms with Gasteiger partial charge in [0.15, 0.2) is 0 Å². The van der Waals surface area contributed by atoms with Gasteiger partial charge in [0, 0.05) is 32.0 Å². The number of alkyl carbamates (subject to hydrolysis) is 1. The summed E-state index contributed by atoms with van der Waals surface area (Å²) in [5.74, 6) is -0.0101. The number of allylic oxidation sites excluding steroid dienone is 1. The third-order valence-corrected chi connectivity index (χ3v) is 3.39. The van der Waals surface area contributed by atoms with Crippen LogP contribution in [0.15, 0.2) is 12.2 Å². The molecule has 2 N–H and O–H groups in total. The summed E-state index contributed by atoms with van der Waals surface area (Å²) in [6, 6.07) is 0. The van der Waals surface area contributed by atoms with Crippen LogP contribution in [-0.4, -0.2) is 54.4 Å². The molecule has 20 heavy (non-hydrogen) atoms. The molecule has 0 aromatic carbocycles. The molecule has 1 aliphatic rings. The maximum Gasteiger partial charge on any atom is 0.407 e. The summed E-state index contributed by atoms with van der Waals surface area (Å²) in [5, 5.41) is 12.7. The highest BCUT2D eigenvalue weighted by atomic mass is 16.5. The highest BCUT2D eigenvalue weighted by Gasteiger charge is 2.29. The molecule has 0 unspecified atom stereocenters. The molecular weight excluding hydrogens is 260 g/mol. The molecule has 2 amide bonds. The number of nitrogens with zero attached hydrogens (tertiary/aromatic N) is 1. The number of rotatable bonds is 5. The number of nitrogens with one attached hydrogen (secondary N) is 1. The van der Waals surface area contributed by atoms with E-state index in [2.05, 4.69) is 5.32 Å². The lowest BCUT2D eigenvalue weighted by Gasteiger charge is -2.35. The van der Waals surface area contributed by atoms with Crippen molar-refractivity contribution in [1.29, 1.82) is 0 Å². The second-order valence-corrected chi connectivity index (χ2v) is 4.83. The van der Waals surface area contributed by atoms with E-state index in [-0.39, 0.29) is 11.8 Å². The Morgan fingerprint density at radius 3 is 2.85 bits per heavy atom. The first-order chi connectivity index (χ1) is 9.58. The van der Waals surface area contributed by atoms with Crippen molar-refractivity contribution in [3.63, 3.8) is 0 Å². The first-order valence-corrected chi connectivity index (χ1v) is 7.06. The van der Waals surface area contributed by atoms with Crippen molar-refractivity contribution in [3.8, 4) is 0 Å². The van der Waals surface area contributed by atoms with Crippen LogP contribution in [0.1, 0.15) is 26.7 Å². The summed E-state index contributed by atoms with van der Waals surface area (Å²) >= 11 is 0. The van der Waals surface area contributed by atoms with Gasteiger partial charge in [0.1, 0.15) is 0 Å². The van der Waals surface area contributed by atoms with Crippen molar-refractivity contribution in [2.75, 3.05) is 26.2 Å². The first-order valence-electron chi connectivity index (χ1n) is 7.06. The van der Waals surface area contributed by atoms with Gasteiger partial charge < -0.3 is 20.1 Å². The molecule has 0 saturated carbocycles. The average molecular weight is 284 g/mol. The van der Waals surface area contributed by atoms with Crippen molar-refractivity contribution in [1.82, 2.24) is 10.2 Å². The van der Waals surface area contributed by atoms with Crippen LogP contribution < -0.4 is 5.32 Å². The number of aliphatic hydroxyl groups excluding tert-OH is 1. The molecule has 2 atom stereocenters. The zero-order valence-corrected chi connectivity index (χ0v) is 12.2. The van der Waals surface area contributed by atoms with Crippen molar-refractivity contribution in [3.05, 3.63) is 12.2 Å². The van der Waals surface area contributed by atoms with E-state index < -0.39 is 12.2 Å². The summed E-state index contributed by atoms with van der Waals surface area (Å²) in [7, 11) is 0. The number of likely N-dealkylation sites (tertiary alicyclic amines) is 1. The number of carbonyl (C=O) groups is 2. The number of hydrogen-bond acceptors (Lipinski definition) is 4. The van der Waals surface area contributed by atoms with E-state index in [1.165, 1.54) is 0 Å². The molecule has 0 aromatic heterocycles. The Balaban J connectivity index is 2.35. The van der Waals surface area contributed by atoms with Crippen LogP contribution >= 0.6 is 0 Å². The minimum absolute atomic E-state index is 0.0268. The fourth-order valence-electron chi connectivity index (χ4n) is 2.19. The molecule has 0 bridgehead atoms. The molecule has 0 radical (unpaired) electrons. The van der Waals surface area contributed by atoms with Crippen LogP contribution in [0.25, 0.3) is 0 Å². The van der Waals surface area contributed by atoms with Gasteiger partial charge in [0.25, 0.3) is 0 Å². The number of β-amino-alcohol motifs (C(OH)–C–C–N with tert-alkyl or cyclic N) is 1. The third kappa shape index (κ3) is 5.21. The quantitative estimate of drug-likeness (QED) is 0.735. The molecule has 1 heterocycles. The number of aliphatic hydroxyl groups is 1. The Hall–Kier alpha value is -1.56. The second-order valence-electron chi connectivity index (χ2n) is 4.83. The Morgan fingerprint density at radius 1 is 1.50 bits per heavy atom. The van der Waals surface area contributed by atoms with Gasteiger partial charge in [-0.05, 0) is 20.3 Å². The minimum atomic E-state index is -0.611. The van der Waals surface area contributed by atoms with E-state index in [1.54, 1.807) is 11.8 Å². The molecule has 1 aliphatic heterocycles. The highest BCUT2D eigenvalue weighted by Crippen LogP contribution is 2.18. The fourth-order valence-corrected chi connectivity index (χ4v) is 2.19. The number of piperidine rings is 1. The topological polar surface area (TPSA) is 78.9 Å². The van der Waals surface area contributed by atoms with Gasteiger partial charge in [-0.2, -0.15) is 0 Å². The lowest BCUT2D eigenvalue weighted by Crippen LogP contribution is -2.49. The van der Waals surface area contributed by atoms with Gasteiger partial charge in [-0.25, -0.2) is 4.79 Å². The molecule has 1 fully saturated rings. The zero-order chi connectivity index (χ0) is 15.0. The Labute approximate surface area is 119 Å². The van der Waals surface area contributed by atoms with E-state index >= 15 is 0 Å². The molecule has 1 saturated heterocycles. The summed E-state index contributed by atoms with van der Waals surface area (Å²) < 4.78 is 4.77. The van der Waals surface area contributed by atoms with Crippen LogP contribution in [0.5, 0.6) is 0 Å². The van der Waals surface area contributed by atoms with E-state index in [0.29, 0.717) is 39.1 Å². The Morgan fingerprint density at radius 2 is 2.25 bits per heavy atom.